The zero-order chi connectivity index (χ0) is 10.1. The molecular weight excluding hydrogens is 184 g/mol. The first-order valence-electron chi connectivity index (χ1n) is 4.56. The van der Waals surface area contributed by atoms with Crippen molar-refractivity contribution in [1.82, 2.24) is 9.97 Å². The van der Waals surface area contributed by atoms with Gasteiger partial charge in [0.25, 0.3) is 5.56 Å². The van der Waals surface area contributed by atoms with E-state index < -0.39 is 0 Å². The van der Waals surface area contributed by atoms with Crippen molar-refractivity contribution in [1.29, 1.82) is 0 Å². The van der Waals surface area contributed by atoms with Crippen molar-refractivity contribution in [3.8, 4) is 5.88 Å². The Bertz CT molecular complexity index is 394. The minimum atomic E-state index is -0.278. The number of nitrogens with zero attached hydrogens (tertiary/aromatic N) is 1. The molecule has 2 N–H and O–H groups in total. The number of rotatable bonds is 1. The molecule has 14 heavy (non-hydrogen) atoms. The lowest BCUT2D eigenvalue weighted by molar-refractivity contribution is 0.193. The Morgan fingerprint density at radius 3 is 3.00 bits per heavy atom. The summed E-state index contributed by atoms with van der Waals surface area (Å²) >= 11 is 0. The fraction of sp³-hybridized carbons (Fsp3) is 0.556. The van der Waals surface area contributed by atoms with Crippen LogP contribution in [0.2, 0.25) is 0 Å². The molecule has 1 aromatic rings. The van der Waals surface area contributed by atoms with Gasteiger partial charge in [0, 0.05) is 12.5 Å². The highest BCUT2D eigenvalue weighted by Gasteiger charge is 2.21. The van der Waals surface area contributed by atoms with E-state index in [0.717, 1.165) is 6.42 Å². The van der Waals surface area contributed by atoms with Gasteiger partial charge in [0.05, 0.1) is 12.2 Å². The van der Waals surface area contributed by atoms with Crippen molar-refractivity contribution in [3.05, 3.63) is 21.7 Å². The van der Waals surface area contributed by atoms with Gasteiger partial charge in [-0.05, 0) is 13.3 Å². The molecule has 2 heterocycles. The summed E-state index contributed by atoms with van der Waals surface area (Å²) in [7, 11) is 0. The van der Waals surface area contributed by atoms with Crippen LogP contribution in [-0.4, -0.2) is 28.3 Å². The van der Waals surface area contributed by atoms with E-state index in [1.54, 1.807) is 0 Å². The van der Waals surface area contributed by atoms with Crippen molar-refractivity contribution in [2.24, 2.45) is 0 Å². The third-order valence-electron chi connectivity index (χ3n) is 2.46. The fourth-order valence-electron chi connectivity index (χ4n) is 1.48. The highest BCUT2D eigenvalue weighted by molar-refractivity contribution is 5.21. The van der Waals surface area contributed by atoms with Crippen LogP contribution in [0.4, 0.5) is 0 Å². The molecule has 0 saturated carbocycles. The second kappa shape index (κ2) is 3.42. The number of aromatic nitrogens is 2. The maximum atomic E-state index is 11.3. The lowest BCUT2D eigenvalue weighted by Gasteiger charge is -2.07. The van der Waals surface area contributed by atoms with E-state index in [4.69, 9.17) is 4.74 Å². The molecule has 0 radical (unpaired) electrons. The zero-order valence-electron chi connectivity index (χ0n) is 7.91. The van der Waals surface area contributed by atoms with Gasteiger partial charge >= 0.3 is 0 Å². The minimum Gasteiger partial charge on any atom is -0.493 e. The number of nitrogens with one attached hydrogen (secondary N) is 1. The Labute approximate surface area is 80.8 Å². The second-order valence-electron chi connectivity index (χ2n) is 3.46. The molecule has 1 aliphatic heterocycles. The van der Waals surface area contributed by atoms with Crippen LogP contribution < -0.4 is 5.56 Å². The van der Waals surface area contributed by atoms with Crippen LogP contribution in [0.15, 0.2) is 4.79 Å². The van der Waals surface area contributed by atoms with Crippen LogP contribution in [0.25, 0.3) is 0 Å². The Morgan fingerprint density at radius 2 is 2.43 bits per heavy atom. The first-order chi connectivity index (χ1) is 6.68. The van der Waals surface area contributed by atoms with Crippen molar-refractivity contribution in [3.63, 3.8) is 0 Å². The molecule has 2 rings (SSSR count). The van der Waals surface area contributed by atoms with Crippen LogP contribution >= 0.6 is 0 Å². The molecule has 0 aromatic carbocycles. The summed E-state index contributed by atoms with van der Waals surface area (Å²) in [6, 6.07) is 0. The van der Waals surface area contributed by atoms with Crippen LogP contribution in [0.3, 0.4) is 0 Å². The van der Waals surface area contributed by atoms with Gasteiger partial charge < -0.3 is 14.8 Å². The number of H-pyrrole nitrogens is 1. The molecule has 5 heteroatoms. The molecule has 0 aliphatic carbocycles. The molecule has 1 atom stereocenters. The fourth-order valence-corrected chi connectivity index (χ4v) is 1.48. The SMILES string of the molecule is Cc1c(O)nc(C2CCOC2)[nH]c1=O. The maximum Gasteiger partial charge on any atom is 0.257 e. The zero-order valence-corrected chi connectivity index (χ0v) is 7.91. The molecule has 0 spiro atoms. The molecule has 1 saturated heterocycles. The first kappa shape index (κ1) is 9.21. The largest absolute Gasteiger partial charge is 0.493 e. The van der Waals surface area contributed by atoms with Crippen molar-refractivity contribution < 1.29 is 9.84 Å². The molecule has 1 aliphatic rings. The van der Waals surface area contributed by atoms with E-state index in [1.165, 1.54) is 6.92 Å². The highest BCUT2D eigenvalue weighted by Crippen LogP contribution is 2.22. The van der Waals surface area contributed by atoms with Gasteiger partial charge in [0.2, 0.25) is 5.88 Å². The Hall–Kier alpha value is -1.36. The molecule has 0 amide bonds. The Morgan fingerprint density at radius 1 is 1.64 bits per heavy atom. The topological polar surface area (TPSA) is 75.2 Å². The number of aromatic hydroxyl groups is 1. The summed E-state index contributed by atoms with van der Waals surface area (Å²) in [5.41, 5.74) is -0.0212. The summed E-state index contributed by atoms with van der Waals surface area (Å²) in [4.78, 5) is 17.9. The van der Waals surface area contributed by atoms with E-state index in [1.807, 2.05) is 0 Å². The molecule has 76 valence electrons. The highest BCUT2D eigenvalue weighted by atomic mass is 16.5. The third-order valence-corrected chi connectivity index (χ3v) is 2.46. The van der Waals surface area contributed by atoms with E-state index in [9.17, 15) is 9.90 Å². The predicted molar refractivity (Wildman–Crippen MR) is 49.4 cm³/mol. The average Bonchev–Trinajstić information content (AvgIpc) is 2.66. The van der Waals surface area contributed by atoms with Crippen molar-refractivity contribution in [2.45, 2.75) is 19.3 Å². The molecule has 1 fully saturated rings. The quantitative estimate of drug-likeness (QED) is 0.676. The lowest BCUT2D eigenvalue weighted by atomic mass is 10.1. The summed E-state index contributed by atoms with van der Waals surface area (Å²) in [6.45, 7) is 2.78. The van der Waals surface area contributed by atoms with E-state index in [2.05, 4.69) is 9.97 Å². The van der Waals surface area contributed by atoms with Crippen LogP contribution in [-0.2, 0) is 4.74 Å². The monoisotopic (exact) mass is 196 g/mol. The summed E-state index contributed by atoms with van der Waals surface area (Å²) in [6.07, 6.45) is 0.839. The van der Waals surface area contributed by atoms with Gasteiger partial charge in [-0.3, -0.25) is 4.79 Å². The van der Waals surface area contributed by atoms with Gasteiger partial charge in [-0.1, -0.05) is 0 Å². The summed E-state index contributed by atoms with van der Waals surface area (Å²) in [5, 5.41) is 9.37. The van der Waals surface area contributed by atoms with Crippen LogP contribution in [0.1, 0.15) is 23.7 Å². The molecule has 0 bridgehead atoms. The average molecular weight is 196 g/mol. The number of hydrogen-bond donors (Lipinski definition) is 2. The summed E-state index contributed by atoms with van der Waals surface area (Å²) in [5.74, 6) is 0.445. The van der Waals surface area contributed by atoms with E-state index in [-0.39, 0.29) is 22.9 Å². The van der Waals surface area contributed by atoms with Gasteiger partial charge in [0.15, 0.2) is 0 Å². The molecule has 1 aromatic heterocycles. The number of aromatic amines is 1. The Balaban J connectivity index is 2.39. The smallest absolute Gasteiger partial charge is 0.257 e. The van der Waals surface area contributed by atoms with E-state index >= 15 is 0 Å². The van der Waals surface area contributed by atoms with E-state index in [0.29, 0.717) is 19.0 Å². The van der Waals surface area contributed by atoms with Gasteiger partial charge in [-0.2, -0.15) is 4.98 Å². The molecular formula is C9H12N2O3. The third kappa shape index (κ3) is 1.50. The normalized spacial score (nSPS) is 21.4. The van der Waals surface area contributed by atoms with Crippen molar-refractivity contribution in [2.75, 3.05) is 13.2 Å². The van der Waals surface area contributed by atoms with Gasteiger partial charge in [-0.25, -0.2) is 0 Å². The second-order valence-corrected chi connectivity index (χ2v) is 3.46. The number of ether oxygens (including phenoxy) is 1. The van der Waals surface area contributed by atoms with Crippen molar-refractivity contribution >= 4 is 0 Å². The van der Waals surface area contributed by atoms with Crippen LogP contribution in [0, 0.1) is 6.92 Å². The van der Waals surface area contributed by atoms with Gasteiger partial charge in [0.1, 0.15) is 5.82 Å². The maximum absolute atomic E-state index is 11.3. The Kier molecular flexibility index (Phi) is 2.25. The predicted octanol–water partition coefficient (Wildman–Crippen LogP) is 0.288. The molecule has 5 nitrogen and oxygen atoms in total. The summed E-state index contributed by atoms with van der Waals surface area (Å²) < 4.78 is 5.18. The minimum absolute atomic E-state index is 0.106. The van der Waals surface area contributed by atoms with Crippen LogP contribution in [0.5, 0.6) is 5.88 Å². The lowest BCUT2D eigenvalue weighted by Crippen LogP contribution is -2.16. The number of hydrogen-bond acceptors (Lipinski definition) is 4. The first-order valence-corrected chi connectivity index (χ1v) is 4.56. The standard InChI is InChI=1S/C9H12N2O3/c1-5-8(12)10-7(11-9(5)13)6-2-3-14-4-6/h6H,2-4H2,1H3,(H2,10,11,12,13). The molecule has 1 unspecified atom stereocenters. The van der Waals surface area contributed by atoms with Gasteiger partial charge in [-0.15, -0.1) is 0 Å².